The van der Waals surface area contributed by atoms with Crippen molar-refractivity contribution in [2.75, 3.05) is 0 Å². The quantitative estimate of drug-likeness (QED) is 0.592. The maximum absolute atomic E-state index is 6.01. The number of benzene rings is 2. The first-order valence-corrected chi connectivity index (χ1v) is 6.66. The molecule has 3 aromatic rings. The van der Waals surface area contributed by atoms with E-state index in [1.807, 2.05) is 41.1 Å². The van der Waals surface area contributed by atoms with Gasteiger partial charge in [0.05, 0.1) is 5.02 Å². The smallest absolute Gasteiger partial charge is 0.137 e. The van der Waals surface area contributed by atoms with Gasteiger partial charge in [0.1, 0.15) is 5.82 Å². The molecule has 0 saturated heterocycles. The highest BCUT2D eigenvalue weighted by Crippen LogP contribution is 2.27. The van der Waals surface area contributed by atoms with Gasteiger partial charge in [0.15, 0.2) is 0 Å². The Hall–Kier alpha value is -2.32. The van der Waals surface area contributed by atoms with Crippen molar-refractivity contribution in [2.45, 2.75) is 0 Å². The Morgan fingerprint density at radius 2 is 1.55 bits per heavy atom. The lowest BCUT2D eigenvalue weighted by atomic mass is 10.1. The molecule has 20 heavy (non-hydrogen) atoms. The van der Waals surface area contributed by atoms with Gasteiger partial charge in [-0.05, 0) is 30.0 Å². The zero-order valence-corrected chi connectivity index (χ0v) is 11.6. The normalized spacial score (nSPS) is 10.4. The van der Waals surface area contributed by atoms with E-state index in [1.54, 1.807) is 6.07 Å². The van der Waals surface area contributed by atoms with Crippen LogP contribution in [-0.4, -0.2) is 11.3 Å². The summed E-state index contributed by atoms with van der Waals surface area (Å²) in [6, 6.07) is 20.3. The molecule has 3 heteroatoms. The van der Waals surface area contributed by atoms with Crippen molar-refractivity contribution < 1.29 is 0 Å². The summed E-state index contributed by atoms with van der Waals surface area (Å²) in [6.45, 7) is 3.57. The molecule has 0 amide bonds. The summed E-state index contributed by atoms with van der Waals surface area (Å²) in [5, 5.41) is 0.652. The van der Waals surface area contributed by atoms with E-state index in [-0.39, 0.29) is 0 Å². The molecule has 1 aromatic heterocycles. The lowest BCUT2D eigenvalue weighted by Crippen LogP contribution is -1.90. The first-order chi connectivity index (χ1) is 9.78. The molecule has 98 valence electrons. The molecule has 0 N–H and O–H groups in total. The molecule has 0 saturated carbocycles. The highest BCUT2D eigenvalue weighted by atomic mass is 35.5. The van der Waals surface area contributed by atoms with Crippen molar-refractivity contribution in [1.29, 1.82) is 0 Å². The minimum absolute atomic E-state index is 0.652. The van der Waals surface area contributed by atoms with Crippen LogP contribution in [0.3, 0.4) is 0 Å². The number of aromatic nitrogens is 1. The van der Waals surface area contributed by atoms with E-state index < -0.39 is 0 Å². The summed E-state index contributed by atoms with van der Waals surface area (Å²) in [5.74, 6) is 0.738. The molecule has 2 nitrogen and oxygen atoms in total. The lowest BCUT2D eigenvalue weighted by Gasteiger charge is -2.07. The van der Waals surface area contributed by atoms with Gasteiger partial charge in [-0.3, -0.25) is 0 Å². The first-order valence-electron chi connectivity index (χ1n) is 6.28. The summed E-state index contributed by atoms with van der Waals surface area (Å²) in [5.41, 5.74) is 3.39. The minimum Gasteiger partial charge on any atom is -0.300 e. The van der Waals surface area contributed by atoms with Crippen molar-refractivity contribution in [1.82, 2.24) is 4.57 Å². The molecule has 0 unspecified atom stereocenters. The largest absolute Gasteiger partial charge is 0.300 e. The Bertz CT molecular complexity index is 727. The van der Waals surface area contributed by atoms with Gasteiger partial charge in [0, 0.05) is 18.0 Å². The zero-order valence-electron chi connectivity index (χ0n) is 10.8. The van der Waals surface area contributed by atoms with Crippen molar-refractivity contribution >= 4 is 24.1 Å². The van der Waals surface area contributed by atoms with Gasteiger partial charge < -0.3 is 4.57 Å². The monoisotopic (exact) mass is 280 g/mol. The standard InChI is InChI=1S/C17H13ClN2/c1-19-17-11-15(18)12-20(17)16-9-7-14(8-10-16)13-5-3-2-4-6-13/h2-12H,1H2. The molecule has 0 aliphatic rings. The topological polar surface area (TPSA) is 17.3 Å². The Balaban J connectivity index is 1.99. The fraction of sp³-hybridized carbons (Fsp3) is 0. The summed E-state index contributed by atoms with van der Waals surface area (Å²) < 4.78 is 1.92. The molecule has 0 aliphatic carbocycles. The third-order valence-electron chi connectivity index (χ3n) is 3.18. The number of rotatable bonds is 3. The fourth-order valence-corrected chi connectivity index (χ4v) is 2.39. The van der Waals surface area contributed by atoms with Crippen LogP contribution in [0, 0.1) is 0 Å². The van der Waals surface area contributed by atoms with E-state index in [0.717, 1.165) is 11.5 Å². The Morgan fingerprint density at radius 3 is 2.20 bits per heavy atom. The summed E-state index contributed by atoms with van der Waals surface area (Å²) >= 11 is 6.01. The van der Waals surface area contributed by atoms with E-state index in [2.05, 4.69) is 36.0 Å². The molecule has 0 radical (unpaired) electrons. The second-order valence-electron chi connectivity index (χ2n) is 4.46. The number of aliphatic imine (C=N–C) groups is 1. The van der Waals surface area contributed by atoms with Gasteiger partial charge in [-0.25, -0.2) is 4.99 Å². The average Bonchev–Trinajstić information content (AvgIpc) is 2.89. The van der Waals surface area contributed by atoms with Crippen LogP contribution in [-0.2, 0) is 0 Å². The van der Waals surface area contributed by atoms with Crippen LogP contribution in [0.4, 0.5) is 5.82 Å². The maximum Gasteiger partial charge on any atom is 0.137 e. The third kappa shape index (κ3) is 2.38. The van der Waals surface area contributed by atoms with Gasteiger partial charge >= 0.3 is 0 Å². The highest BCUT2D eigenvalue weighted by Gasteiger charge is 2.05. The van der Waals surface area contributed by atoms with E-state index in [9.17, 15) is 0 Å². The maximum atomic E-state index is 6.01. The van der Waals surface area contributed by atoms with Crippen molar-refractivity contribution in [2.24, 2.45) is 4.99 Å². The number of nitrogens with zero attached hydrogens (tertiary/aromatic N) is 2. The van der Waals surface area contributed by atoms with Crippen LogP contribution >= 0.6 is 11.6 Å². The number of hydrogen-bond donors (Lipinski definition) is 0. The summed E-state index contributed by atoms with van der Waals surface area (Å²) in [6.07, 6.45) is 1.84. The lowest BCUT2D eigenvalue weighted by molar-refractivity contribution is 1.07. The predicted octanol–water partition coefficient (Wildman–Crippen LogP) is 5.13. The van der Waals surface area contributed by atoms with E-state index in [1.165, 1.54) is 11.1 Å². The van der Waals surface area contributed by atoms with Crippen LogP contribution < -0.4 is 0 Å². The molecular formula is C17H13ClN2. The van der Waals surface area contributed by atoms with E-state index in [0.29, 0.717) is 5.02 Å². The van der Waals surface area contributed by atoms with E-state index in [4.69, 9.17) is 11.6 Å². The van der Waals surface area contributed by atoms with Crippen LogP contribution in [0.25, 0.3) is 16.8 Å². The van der Waals surface area contributed by atoms with E-state index >= 15 is 0 Å². The molecule has 2 aromatic carbocycles. The van der Waals surface area contributed by atoms with Crippen LogP contribution in [0.1, 0.15) is 0 Å². The Kier molecular flexibility index (Phi) is 3.40. The average molecular weight is 281 g/mol. The van der Waals surface area contributed by atoms with Crippen LogP contribution in [0.15, 0.2) is 71.9 Å². The van der Waals surface area contributed by atoms with Gasteiger partial charge in [0.2, 0.25) is 0 Å². The number of hydrogen-bond acceptors (Lipinski definition) is 1. The highest BCUT2D eigenvalue weighted by molar-refractivity contribution is 6.30. The SMILES string of the molecule is C=Nc1cc(Cl)cn1-c1ccc(-c2ccccc2)cc1. The summed E-state index contributed by atoms with van der Waals surface area (Å²) in [7, 11) is 0. The number of halogens is 1. The van der Waals surface area contributed by atoms with Crippen LogP contribution in [0.5, 0.6) is 0 Å². The molecule has 0 bridgehead atoms. The molecule has 0 aliphatic heterocycles. The second kappa shape index (κ2) is 5.35. The first kappa shape index (κ1) is 12.7. The second-order valence-corrected chi connectivity index (χ2v) is 4.89. The Labute approximate surface area is 123 Å². The molecule has 3 rings (SSSR count). The third-order valence-corrected chi connectivity index (χ3v) is 3.39. The Morgan fingerprint density at radius 1 is 0.900 bits per heavy atom. The molecular weight excluding hydrogens is 268 g/mol. The zero-order chi connectivity index (χ0) is 13.9. The van der Waals surface area contributed by atoms with Crippen molar-refractivity contribution in [3.05, 3.63) is 71.9 Å². The molecule has 1 heterocycles. The fourth-order valence-electron chi connectivity index (χ4n) is 2.19. The van der Waals surface area contributed by atoms with Crippen molar-refractivity contribution in [3.8, 4) is 16.8 Å². The molecule has 0 fully saturated rings. The van der Waals surface area contributed by atoms with Crippen LogP contribution in [0.2, 0.25) is 5.02 Å². The van der Waals surface area contributed by atoms with Gasteiger partial charge in [0.25, 0.3) is 0 Å². The van der Waals surface area contributed by atoms with Gasteiger partial charge in [-0.1, -0.05) is 54.1 Å². The minimum atomic E-state index is 0.652. The predicted molar refractivity (Wildman–Crippen MR) is 85.4 cm³/mol. The summed E-state index contributed by atoms with van der Waals surface area (Å²) in [4.78, 5) is 3.98. The molecule has 0 atom stereocenters. The van der Waals surface area contributed by atoms with Gasteiger partial charge in [-0.15, -0.1) is 0 Å². The molecule has 0 spiro atoms. The van der Waals surface area contributed by atoms with Crippen molar-refractivity contribution in [3.63, 3.8) is 0 Å². The van der Waals surface area contributed by atoms with Gasteiger partial charge in [-0.2, -0.15) is 0 Å².